The van der Waals surface area contributed by atoms with Crippen LogP contribution in [-0.2, 0) is 10.7 Å². The van der Waals surface area contributed by atoms with Crippen LogP contribution < -0.4 is 5.32 Å². The van der Waals surface area contributed by atoms with Crippen LogP contribution in [0.3, 0.4) is 0 Å². The van der Waals surface area contributed by atoms with Gasteiger partial charge in [0.15, 0.2) is 5.65 Å². The maximum absolute atomic E-state index is 12.1. The molecule has 0 spiro atoms. The predicted molar refractivity (Wildman–Crippen MR) is 77.6 cm³/mol. The van der Waals surface area contributed by atoms with Crippen molar-refractivity contribution >= 4 is 28.8 Å². The number of imidazole rings is 1. The quantitative estimate of drug-likeness (QED) is 0.857. The lowest BCUT2D eigenvalue weighted by molar-refractivity contribution is -0.123. The van der Waals surface area contributed by atoms with Crippen molar-refractivity contribution in [2.75, 3.05) is 5.32 Å². The zero-order chi connectivity index (χ0) is 14.2. The normalized spacial score (nSPS) is 11.8. The first-order valence-corrected chi connectivity index (χ1v) is 6.72. The Balaban J connectivity index is 2.47. The van der Waals surface area contributed by atoms with Crippen LogP contribution in [0.4, 0.5) is 5.69 Å². The molecule has 102 valence electrons. The number of alkyl halides is 1. The fourth-order valence-corrected chi connectivity index (χ4v) is 2.02. The molecule has 0 unspecified atom stereocenters. The number of aromatic nitrogens is 2. The van der Waals surface area contributed by atoms with Gasteiger partial charge in [0.05, 0.1) is 17.3 Å². The molecule has 0 aliphatic heterocycles. The molecule has 5 heteroatoms. The van der Waals surface area contributed by atoms with Crippen LogP contribution >= 0.6 is 11.6 Å². The second kappa shape index (κ2) is 4.85. The molecule has 0 radical (unpaired) electrons. The number of pyridine rings is 1. The van der Waals surface area contributed by atoms with Gasteiger partial charge in [-0.05, 0) is 19.1 Å². The van der Waals surface area contributed by atoms with Crippen LogP contribution in [0.15, 0.2) is 18.3 Å². The molecule has 1 amide bonds. The van der Waals surface area contributed by atoms with E-state index in [1.165, 1.54) is 0 Å². The summed E-state index contributed by atoms with van der Waals surface area (Å²) in [6.07, 6.45) is 1.92. The number of anilines is 1. The van der Waals surface area contributed by atoms with Gasteiger partial charge in [-0.25, -0.2) is 4.98 Å². The number of nitrogens with one attached hydrogen (secondary N) is 1. The number of aryl methyl sites for hydroxylation is 1. The van der Waals surface area contributed by atoms with Crippen molar-refractivity contribution < 1.29 is 4.79 Å². The van der Waals surface area contributed by atoms with E-state index in [9.17, 15) is 4.79 Å². The van der Waals surface area contributed by atoms with Crippen LogP contribution in [0.5, 0.6) is 0 Å². The van der Waals surface area contributed by atoms with Gasteiger partial charge in [0.2, 0.25) is 5.91 Å². The van der Waals surface area contributed by atoms with Crippen molar-refractivity contribution in [3.05, 3.63) is 29.7 Å². The summed E-state index contributed by atoms with van der Waals surface area (Å²) in [7, 11) is 0. The Labute approximate surface area is 117 Å². The molecule has 2 aromatic rings. The van der Waals surface area contributed by atoms with E-state index in [1.54, 1.807) is 0 Å². The largest absolute Gasteiger partial charge is 0.322 e. The summed E-state index contributed by atoms with van der Waals surface area (Å²) < 4.78 is 1.94. The van der Waals surface area contributed by atoms with E-state index in [0.717, 1.165) is 17.0 Å². The van der Waals surface area contributed by atoms with Crippen LogP contribution in [0, 0.1) is 12.3 Å². The third-order valence-electron chi connectivity index (χ3n) is 3.04. The minimum Gasteiger partial charge on any atom is -0.322 e. The topological polar surface area (TPSA) is 46.4 Å². The van der Waals surface area contributed by atoms with Gasteiger partial charge in [0, 0.05) is 17.3 Å². The minimum atomic E-state index is -0.441. The highest BCUT2D eigenvalue weighted by molar-refractivity contribution is 6.17. The summed E-state index contributed by atoms with van der Waals surface area (Å²) in [6, 6.07) is 3.74. The number of carbonyl (C=O) groups is 1. The highest BCUT2D eigenvalue weighted by Crippen LogP contribution is 2.23. The molecule has 2 rings (SSSR count). The van der Waals surface area contributed by atoms with Gasteiger partial charge in [-0.2, -0.15) is 0 Å². The third-order valence-corrected chi connectivity index (χ3v) is 3.30. The Hall–Kier alpha value is -1.55. The number of amides is 1. The van der Waals surface area contributed by atoms with Crippen LogP contribution in [0.2, 0.25) is 0 Å². The molecule has 0 aliphatic carbocycles. The van der Waals surface area contributed by atoms with Crippen molar-refractivity contribution in [1.82, 2.24) is 9.38 Å². The second-order valence-electron chi connectivity index (χ2n) is 5.60. The summed E-state index contributed by atoms with van der Waals surface area (Å²) in [5, 5.41) is 2.92. The Morgan fingerprint density at radius 2 is 2.16 bits per heavy atom. The number of carbonyl (C=O) groups excluding carboxylic acids is 1. The summed E-state index contributed by atoms with van der Waals surface area (Å²) >= 11 is 5.87. The lowest BCUT2D eigenvalue weighted by Gasteiger charge is -2.17. The zero-order valence-corrected chi connectivity index (χ0v) is 12.4. The Kier molecular flexibility index (Phi) is 3.54. The molecule has 0 aliphatic rings. The molecule has 1 N–H and O–H groups in total. The van der Waals surface area contributed by atoms with E-state index in [0.29, 0.717) is 11.6 Å². The molecule has 2 heterocycles. The molecule has 0 aromatic carbocycles. The number of fused-ring (bicyclic) bond motifs is 1. The van der Waals surface area contributed by atoms with E-state index in [1.807, 2.05) is 50.4 Å². The van der Waals surface area contributed by atoms with Crippen molar-refractivity contribution in [2.45, 2.75) is 33.6 Å². The average Bonchev–Trinajstić information content (AvgIpc) is 2.66. The zero-order valence-electron chi connectivity index (χ0n) is 11.6. The number of rotatable bonds is 2. The Bertz CT molecular complexity index is 625. The summed E-state index contributed by atoms with van der Waals surface area (Å²) in [5.41, 5.74) is 2.83. The molecule has 0 bridgehead atoms. The van der Waals surface area contributed by atoms with Crippen molar-refractivity contribution in [2.24, 2.45) is 5.41 Å². The van der Waals surface area contributed by atoms with Crippen LogP contribution in [-0.4, -0.2) is 15.3 Å². The molecule has 0 atom stereocenters. The predicted octanol–water partition coefficient (Wildman–Crippen LogP) is 3.37. The van der Waals surface area contributed by atoms with Gasteiger partial charge in [-0.15, -0.1) is 11.6 Å². The van der Waals surface area contributed by atoms with Gasteiger partial charge in [-0.3, -0.25) is 4.79 Å². The molecular weight excluding hydrogens is 262 g/mol. The maximum atomic E-state index is 12.1. The van der Waals surface area contributed by atoms with Gasteiger partial charge < -0.3 is 9.72 Å². The first kappa shape index (κ1) is 13.9. The molecule has 0 saturated heterocycles. The average molecular weight is 280 g/mol. The van der Waals surface area contributed by atoms with Crippen molar-refractivity contribution in [1.29, 1.82) is 0 Å². The van der Waals surface area contributed by atoms with E-state index in [2.05, 4.69) is 10.3 Å². The molecule has 0 fully saturated rings. The summed E-state index contributed by atoms with van der Waals surface area (Å²) in [4.78, 5) is 16.5. The monoisotopic (exact) mass is 279 g/mol. The molecule has 19 heavy (non-hydrogen) atoms. The van der Waals surface area contributed by atoms with Gasteiger partial charge in [0.1, 0.15) is 0 Å². The first-order chi connectivity index (χ1) is 8.84. The third kappa shape index (κ3) is 2.59. The van der Waals surface area contributed by atoms with E-state index in [4.69, 9.17) is 11.6 Å². The van der Waals surface area contributed by atoms with E-state index in [-0.39, 0.29) is 5.91 Å². The number of nitrogens with zero attached hydrogens (tertiary/aromatic N) is 2. The number of hydrogen-bond acceptors (Lipinski definition) is 2. The number of hydrogen-bond donors (Lipinski definition) is 1. The van der Waals surface area contributed by atoms with Gasteiger partial charge >= 0.3 is 0 Å². The van der Waals surface area contributed by atoms with Gasteiger partial charge in [-0.1, -0.05) is 20.8 Å². The molecular formula is C14H18ClN3O. The van der Waals surface area contributed by atoms with Crippen molar-refractivity contribution in [3.8, 4) is 0 Å². The smallest absolute Gasteiger partial charge is 0.229 e. The summed E-state index contributed by atoms with van der Waals surface area (Å²) in [6.45, 7) is 7.60. The molecule has 0 saturated carbocycles. The maximum Gasteiger partial charge on any atom is 0.229 e. The minimum absolute atomic E-state index is 0.0336. The van der Waals surface area contributed by atoms with E-state index >= 15 is 0 Å². The molecule has 4 nitrogen and oxygen atoms in total. The SMILES string of the molecule is Cc1c(CCl)nc2c(NC(=O)C(C)(C)C)cccn12. The Morgan fingerprint density at radius 3 is 2.74 bits per heavy atom. The first-order valence-electron chi connectivity index (χ1n) is 6.18. The summed E-state index contributed by atoms with van der Waals surface area (Å²) in [5.74, 6) is 0.328. The fraction of sp³-hybridized carbons (Fsp3) is 0.429. The molecule has 2 aromatic heterocycles. The van der Waals surface area contributed by atoms with Crippen molar-refractivity contribution in [3.63, 3.8) is 0 Å². The fourth-order valence-electron chi connectivity index (χ4n) is 1.77. The van der Waals surface area contributed by atoms with Gasteiger partial charge in [0.25, 0.3) is 0 Å². The lowest BCUT2D eigenvalue weighted by atomic mass is 9.95. The number of halogens is 1. The highest BCUT2D eigenvalue weighted by atomic mass is 35.5. The van der Waals surface area contributed by atoms with Crippen LogP contribution in [0.25, 0.3) is 5.65 Å². The highest BCUT2D eigenvalue weighted by Gasteiger charge is 2.22. The second-order valence-corrected chi connectivity index (χ2v) is 5.86. The standard InChI is InChI=1S/C14H18ClN3O/c1-9-11(8-15)16-12-10(6-5-7-18(9)12)17-13(19)14(2,3)4/h5-7H,8H2,1-4H3,(H,17,19). The van der Waals surface area contributed by atoms with E-state index < -0.39 is 5.41 Å². The lowest BCUT2D eigenvalue weighted by Crippen LogP contribution is -2.27. The Morgan fingerprint density at radius 1 is 1.47 bits per heavy atom. The van der Waals surface area contributed by atoms with Crippen LogP contribution in [0.1, 0.15) is 32.2 Å².